The Kier molecular flexibility index (Phi) is 5.39. The van der Waals surface area contributed by atoms with Crippen molar-refractivity contribution in [2.45, 2.75) is 58.9 Å². The van der Waals surface area contributed by atoms with Crippen molar-refractivity contribution < 1.29 is 0 Å². The molecular formula is C14H28N2S. The standard InChI is InChI=1S/C14H28N2S/c1-11-7-5-6-8-12(11)16(4)10-9-14(2,3)13(15)17/h11-12H,5-10H2,1-4H3,(H2,15,17). The van der Waals surface area contributed by atoms with Gasteiger partial charge in [-0.25, -0.2) is 0 Å². The fraction of sp³-hybridized carbons (Fsp3) is 0.929. The van der Waals surface area contributed by atoms with Gasteiger partial charge in [0.15, 0.2) is 0 Å². The van der Waals surface area contributed by atoms with Crippen molar-refractivity contribution in [3.05, 3.63) is 0 Å². The van der Waals surface area contributed by atoms with E-state index in [4.69, 9.17) is 18.0 Å². The van der Waals surface area contributed by atoms with Crippen LogP contribution >= 0.6 is 12.2 Å². The first-order chi connectivity index (χ1) is 7.84. The molecule has 0 amide bonds. The lowest BCUT2D eigenvalue weighted by Gasteiger charge is -2.37. The number of rotatable bonds is 5. The van der Waals surface area contributed by atoms with Gasteiger partial charge in [-0.1, -0.05) is 45.8 Å². The highest BCUT2D eigenvalue weighted by Gasteiger charge is 2.27. The molecule has 1 aliphatic rings. The van der Waals surface area contributed by atoms with E-state index in [1.54, 1.807) is 0 Å². The summed E-state index contributed by atoms with van der Waals surface area (Å²) in [4.78, 5) is 3.16. The number of nitrogens with zero attached hydrogens (tertiary/aromatic N) is 1. The van der Waals surface area contributed by atoms with Crippen molar-refractivity contribution in [1.29, 1.82) is 0 Å². The summed E-state index contributed by atoms with van der Waals surface area (Å²) < 4.78 is 0. The predicted octanol–water partition coefficient (Wildman–Crippen LogP) is 3.20. The molecule has 0 radical (unpaired) electrons. The van der Waals surface area contributed by atoms with E-state index >= 15 is 0 Å². The minimum Gasteiger partial charge on any atom is -0.393 e. The van der Waals surface area contributed by atoms with Gasteiger partial charge in [-0.15, -0.1) is 0 Å². The Labute approximate surface area is 112 Å². The lowest BCUT2D eigenvalue weighted by Crippen LogP contribution is -2.41. The van der Waals surface area contributed by atoms with E-state index in [-0.39, 0.29) is 5.41 Å². The molecule has 2 unspecified atom stereocenters. The molecule has 1 rings (SSSR count). The zero-order valence-corrected chi connectivity index (χ0v) is 12.6. The van der Waals surface area contributed by atoms with Gasteiger partial charge in [0.1, 0.15) is 0 Å². The molecule has 0 aromatic carbocycles. The maximum Gasteiger partial charge on any atom is 0.0784 e. The van der Waals surface area contributed by atoms with Gasteiger partial charge in [-0.2, -0.15) is 0 Å². The zero-order chi connectivity index (χ0) is 13.1. The normalized spacial score (nSPS) is 26.2. The summed E-state index contributed by atoms with van der Waals surface area (Å²) in [5.41, 5.74) is 5.76. The minimum atomic E-state index is -0.0124. The summed E-state index contributed by atoms with van der Waals surface area (Å²) in [6.07, 6.45) is 6.59. The van der Waals surface area contributed by atoms with Crippen LogP contribution in [0.1, 0.15) is 52.9 Å². The molecule has 0 aliphatic heterocycles. The molecule has 0 saturated heterocycles. The summed E-state index contributed by atoms with van der Waals surface area (Å²) in [6.45, 7) is 7.78. The van der Waals surface area contributed by atoms with Crippen LogP contribution in [0.5, 0.6) is 0 Å². The average molecular weight is 256 g/mol. The molecule has 0 bridgehead atoms. The molecule has 0 heterocycles. The van der Waals surface area contributed by atoms with Crippen LogP contribution in [0.15, 0.2) is 0 Å². The third kappa shape index (κ3) is 4.22. The molecule has 0 spiro atoms. The molecule has 100 valence electrons. The van der Waals surface area contributed by atoms with E-state index in [2.05, 4.69) is 32.7 Å². The van der Waals surface area contributed by atoms with Crippen molar-refractivity contribution in [2.24, 2.45) is 17.1 Å². The second-order valence-electron chi connectivity index (χ2n) is 6.31. The highest BCUT2D eigenvalue weighted by Crippen LogP contribution is 2.29. The molecule has 17 heavy (non-hydrogen) atoms. The van der Waals surface area contributed by atoms with Crippen LogP contribution in [-0.2, 0) is 0 Å². The summed E-state index contributed by atoms with van der Waals surface area (Å²) >= 11 is 5.12. The fourth-order valence-electron chi connectivity index (χ4n) is 2.70. The molecule has 2 N–H and O–H groups in total. The smallest absolute Gasteiger partial charge is 0.0784 e. The summed E-state index contributed by atoms with van der Waals surface area (Å²) in [5, 5.41) is 0. The van der Waals surface area contributed by atoms with Crippen LogP contribution in [0.2, 0.25) is 0 Å². The molecule has 0 aromatic heterocycles. The van der Waals surface area contributed by atoms with E-state index in [1.165, 1.54) is 25.7 Å². The minimum absolute atomic E-state index is 0.0124. The molecule has 1 fully saturated rings. The van der Waals surface area contributed by atoms with Crippen molar-refractivity contribution in [1.82, 2.24) is 4.90 Å². The number of hydrogen-bond acceptors (Lipinski definition) is 2. The highest BCUT2D eigenvalue weighted by molar-refractivity contribution is 7.80. The Morgan fingerprint density at radius 1 is 1.35 bits per heavy atom. The first-order valence-electron chi connectivity index (χ1n) is 6.85. The van der Waals surface area contributed by atoms with Gasteiger partial charge in [-0.3, -0.25) is 0 Å². The third-order valence-electron chi connectivity index (χ3n) is 4.39. The summed E-state index contributed by atoms with van der Waals surface area (Å²) in [7, 11) is 2.25. The van der Waals surface area contributed by atoms with Gasteiger partial charge in [0.25, 0.3) is 0 Å². The molecule has 1 aliphatic carbocycles. The highest BCUT2D eigenvalue weighted by atomic mass is 32.1. The number of thiocarbonyl (C=S) groups is 1. The van der Waals surface area contributed by atoms with Crippen LogP contribution in [0, 0.1) is 11.3 Å². The largest absolute Gasteiger partial charge is 0.393 e. The third-order valence-corrected chi connectivity index (χ3v) is 4.94. The molecule has 0 aromatic rings. The van der Waals surface area contributed by atoms with Crippen LogP contribution < -0.4 is 5.73 Å². The Hall–Kier alpha value is -0.150. The first-order valence-corrected chi connectivity index (χ1v) is 7.25. The molecule has 3 heteroatoms. The van der Waals surface area contributed by atoms with Crippen molar-refractivity contribution in [3.8, 4) is 0 Å². The van der Waals surface area contributed by atoms with Crippen LogP contribution in [0.4, 0.5) is 0 Å². The Morgan fingerprint density at radius 3 is 2.47 bits per heavy atom. The molecular weight excluding hydrogens is 228 g/mol. The summed E-state index contributed by atoms with van der Waals surface area (Å²) in [5.74, 6) is 0.835. The van der Waals surface area contributed by atoms with E-state index in [0.29, 0.717) is 4.99 Å². The predicted molar refractivity (Wildman–Crippen MR) is 79.2 cm³/mol. The summed E-state index contributed by atoms with van der Waals surface area (Å²) in [6, 6.07) is 0.755. The second kappa shape index (κ2) is 6.14. The zero-order valence-electron chi connectivity index (χ0n) is 11.8. The van der Waals surface area contributed by atoms with Gasteiger partial charge in [0.05, 0.1) is 4.99 Å². The van der Waals surface area contributed by atoms with Crippen molar-refractivity contribution in [2.75, 3.05) is 13.6 Å². The Morgan fingerprint density at radius 2 is 1.94 bits per heavy atom. The monoisotopic (exact) mass is 256 g/mol. The second-order valence-corrected chi connectivity index (χ2v) is 6.75. The van der Waals surface area contributed by atoms with Crippen molar-refractivity contribution >= 4 is 17.2 Å². The van der Waals surface area contributed by atoms with Gasteiger partial charge in [-0.05, 0) is 38.8 Å². The number of nitrogens with two attached hydrogens (primary N) is 1. The van der Waals surface area contributed by atoms with E-state index in [9.17, 15) is 0 Å². The van der Waals surface area contributed by atoms with Gasteiger partial charge in [0.2, 0.25) is 0 Å². The van der Waals surface area contributed by atoms with Crippen LogP contribution in [0.25, 0.3) is 0 Å². The Balaban J connectivity index is 2.43. The van der Waals surface area contributed by atoms with Crippen LogP contribution in [-0.4, -0.2) is 29.5 Å². The SMILES string of the molecule is CC1CCCCC1N(C)CCC(C)(C)C(N)=S. The lowest BCUT2D eigenvalue weighted by atomic mass is 9.84. The van der Waals surface area contributed by atoms with Gasteiger partial charge in [0, 0.05) is 11.5 Å². The topological polar surface area (TPSA) is 29.3 Å². The lowest BCUT2D eigenvalue weighted by molar-refractivity contribution is 0.130. The quantitative estimate of drug-likeness (QED) is 0.766. The van der Waals surface area contributed by atoms with E-state index in [0.717, 1.165) is 24.9 Å². The molecule has 2 atom stereocenters. The molecule has 1 saturated carbocycles. The first kappa shape index (κ1) is 14.9. The Bertz CT molecular complexity index is 263. The average Bonchev–Trinajstić information content (AvgIpc) is 2.26. The molecule has 2 nitrogen and oxygen atoms in total. The maximum atomic E-state index is 5.78. The van der Waals surface area contributed by atoms with Crippen LogP contribution in [0.3, 0.4) is 0 Å². The maximum absolute atomic E-state index is 5.78. The fourth-order valence-corrected chi connectivity index (χ4v) is 2.80. The van der Waals surface area contributed by atoms with E-state index < -0.39 is 0 Å². The van der Waals surface area contributed by atoms with Gasteiger partial charge >= 0.3 is 0 Å². The van der Waals surface area contributed by atoms with Crippen molar-refractivity contribution in [3.63, 3.8) is 0 Å². The van der Waals surface area contributed by atoms with Gasteiger partial charge < -0.3 is 10.6 Å². The van der Waals surface area contributed by atoms with E-state index in [1.807, 2.05) is 0 Å². The number of hydrogen-bond donors (Lipinski definition) is 1.